The summed E-state index contributed by atoms with van der Waals surface area (Å²) < 4.78 is 42.2. The topological polar surface area (TPSA) is 81.3 Å². The van der Waals surface area contributed by atoms with Crippen molar-refractivity contribution in [3.63, 3.8) is 0 Å². The zero-order valence-electron chi connectivity index (χ0n) is 17.6. The van der Waals surface area contributed by atoms with Gasteiger partial charge in [0.1, 0.15) is 12.4 Å². The van der Waals surface area contributed by atoms with Gasteiger partial charge in [-0.05, 0) is 43.2 Å². The Balaban J connectivity index is 1.68. The lowest BCUT2D eigenvalue weighted by atomic mass is 10.0. The number of nitrogens with zero attached hydrogens (tertiary/aromatic N) is 4. The van der Waals surface area contributed by atoms with Crippen molar-refractivity contribution >= 4 is 27.9 Å². The van der Waals surface area contributed by atoms with Crippen LogP contribution in [-0.4, -0.2) is 25.1 Å². The molecule has 3 aromatic heterocycles. The van der Waals surface area contributed by atoms with Crippen molar-refractivity contribution in [3.05, 3.63) is 70.2 Å². The van der Waals surface area contributed by atoms with Crippen LogP contribution in [0.4, 0.5) is 18.9 Å². The zero-order chi connectivity index (χ0) is 23.2. The first kappa shape index (κ1) is 21.5. The summed E-state index contributed by atoms with van der Waals surface area (Å²) in [6.07, 6.45) is -1.12. The highest BCUT2D eigenvalue weighted by Gasteiger charge is 2.31. The maximum atomic E-state index is 13.1. The number of fused-ring (bicyclic) bond motifs is 2. The number of imidazole rings is 1. The second-order valence-corrected chi connectivity index (χ2v) is 7.83. The Morgan fingerprint density at radius 3 is 2.59 bits per heavy atom. The van der Waals surface area contributed by atoms with E-state index in [0.29, 0.717) is 11.4 Å². The number of halogens is 3. The number of rotatable bonds is 4. The molecule has 0 saturated heterocycles. The van der Waals surface area contributed by atoms with Gasteiger partial charge < -0.3 is 9.72 Å². The molecule has 0 spiro atoms. The Labute approximate surface area is 180 Å². The van der Waals surface area contributed by atoms with E-state index in [2.05, 4.69) is 15.4 Å². The Bertz CT molecular complexity index is 1400. The fraction of sp³-hybridized carbons (Fsp3) is 0.273. The quantitative estimate of drug-likeness (QED) is 0.514. The molecule has 1 N–H and O–H groups in total. The molecule has 0 bridgehead atoms. The summed E-state index contributed by atoms with van der Waals surface area (Å²) in [5.74, 6) is 0.00326. The number of anilines is 1. The lowest BCUT2D eigenvalue weighted by Crippen LogP contribution is -2.31. The predicted molar refractivity (Wildman–Crippen MR) is 114 cm³/mol. The van der Waals surface area contributed by atoms with Gasteiger partial charge in [-0.1, -0.05) is 13.8 Å². The maximum Gasteiger partial charge on any atom is 0.416 e. The predicted octanol–water partition coefficient (Wildman–Crippen LogP) is 4.13. The van der Waals surface area contributed by atoms with Crippen molar-refractivity contribution in [1.29, 1.82) is 0 Å². The number of pyridine rings is 1. The van der Waals surface area contributed by atoms with Gasteiger partial charge in [0.15, 0.2) is 0 Å². The Kier molecular flexibility index (Phi) is 5.23. The van der Waals surface area contributed by atoms with Gasteiger partial charge in [0.25, 0.3) is 5.56 Å². The van der Waals surface area contributed by atoms with E-state index in [9.17, 15) is 22.8 Å². The SMILES string of the molecule is Cc1ncc2ccc(NC(=O)Cn3nc(C(C)C)c4cc(C(F)(F)F)ccc4c3=O)cn12. The first-order chi connectivity index (χ1) is 15.0. The van der Waals surface area contributed by atoms with E-state index >= 15 is 0 Å². The molecule has 1 aromatic carbocycles. The van der Waals surface area contributed by atoms with E-state index in [4.69, 9.17) is 0 Å². The molecule has 0 fully saturated rings. The van der Waals surface area contributed by atoms with E-state index in [1.807, 2.05) is 11.3 Å². The second-order valence-electron chi connectivity index (χ2n) is 7.83. The van der Waals surface area contributed by atoms with Crippen LogP contribution in [0.15, 0.2) is 47.5 Å². The Hall–Kier alpha value is -3.69. The third-order valence-electron chi connectivity index (χ3n) is 5.15. The molecule has 4 rings (SSSR count). The number of carbonyl (C=O) groups is 1. The van der Waals surface area contributed by atoms with Crippen molar-refractivity contribution in [2.45, 2.75) is 39.4 Å². The summed E-state index contributed by atoms with van der Waals surface area (Å²) in [6.45, 7) is 4.98. The van der Waals surface area contributed by atoms with Crippen LogP contribution in [0.3, 0.4) is 0 Å². The zero-order valence-corrected chi connectivity index (χ0v) is 17.6. The number of alkyl halides is 3. The smallest absolute Gasteiger partial charge is 0.323 e. The summed E-state index contributed by atoms with van der Waals surface area (Å²) in [4.78, 5) is 29.7. The summed E-state index contributed by atoms with van der Waals surface area (Å²) in [6, 6.07) is 6.44. The van der Waals surface area contributed by atoms with Gasteiger partial charge in [-0.2, -0.15) is 18.3 Å². The third kappa shape index (κ3) is 3.95. The summed E-state index contributed by atoms with van der Waals surface area (Å²) >= 11 is 0. The number of nitrogens with one attached hydrogen (secondary N) is 1. The van der Waals surface area contributed by atoms with E-state index in [-0.39, 0.29) is 23.2 Å². The summed E-state index contributed by atoms with van der Waals surface area (Å²) in [7, 11) is 0. The van der Waals surface area contributed by atoms with Gasteiger partial charge in [0, 0.05) is 11.6 Å². The average Bonchev–Trinajstić information content (AvgIpc) is 3.09. The molecule has 0 unspecified atom stereocenters. The number of carbonyl (C=O) groups excluding carboxylic acids is 1. The van der Waals surface area contributed by atoms with Gasteiger partial charge >= 0.3 is 6.18 Å². The molecule has 10 heteroatoms. The monoisotopic (exact) mass is 443 g/mol. The first-order valence-corrected chi connectivity index (χ1v) is 9.90. The van der Waals surface area contributed by atoms with Crippen LogP contribution in [-0.2, 0) is 17.5 Å². The normalized spacial score (nSPS) is 12.1. The minimum absolute atomic E-state index is 0.0833. The van der Waals surface area contributed by atoms with Gasteiger partial charge in [0.2, 0.25) is 5.91 Å². The molecule has 4 aromatic rings. The number of hydrogen-bond acceptors (Lipinski definition) is 4. The third-order valence-corrected chi connectivity index (χ3v) is 5.15. The molecule has 0 saturated carbocycles. The highest BCUT2D eigenvalue weighted by atomic mass is 19.4. The van der Waals surface area contributed by atoms with Crippen molar-refractivity contribution in [2.75, 3.05) is 5.32 Å². The van der Waals surface area contributed by atoms with Gasteiger partial charge in [-0.3, -0.25) is 9.59 Å². The lowest BCUT2D eigenvalue weighted by Gasteiger charge is -2.15. The molecule has 0 aliphatic heterocycles. The summed E-state index contributed by atoms with van der Waals surface area (Å²) in [5, 5.41) is 7.16. The number of amides is 1. The molecular formula is C22H20F3N5O2. The van der Waals surface area contributed by atoms with E-state index in [1.54, 1.807) is 38.4 Å². The second kappa shape index (κ2) is 7.77. The van der Waals surface area contributed by atoms with Gasteiger partial charge in [-0.25, -0.2) is 9.67 Å². The van der Waals surface area contributed by atoms with Crippen molar-refractivity contribution in [3.8, 4) is 0 Å². The Morgan fingerprint density at radius 1 is 1.16 bits per heavy atom. The van der Waals surface area contributed by atoms with Crippen LogP contribution in [0.25, 0.3) is 16.3 Å². The molecule has 0 radical (unpaired) electrons. The molecular weight excluding hydrogens is 423 g/mol. The number of hydrogen-bond donors (Lipinski definition) is 1. The van der Waals surface area contributed by atoms with Crippen molar-refractivity contribution < 1.29 is 18.0 Å². The number of aryl methyl sites for hydroxylation is 1. The van der Waals surface area contributed by atoms with Crippen LogP contribution in [0.1, 0.15) is 36.8 Å². The molecule has 0 aliphatic rings. The lowest BCUT2D eigenvalue weighted by molar-refractivity contribution is -0.137. The average molecular weight is 443 g/mol. The molecule has 3 heterocycles. The molecule has 0 aliphatic carbocycles. The standard InChI is InChI=1S/C22H20F3N5O2/c1-12(2)20-18-8-14(22(23,24)25)4-7-17(18)21(32)30(28-20)11-19(31)27-15-5-6-16-9-26-13(3)29(16)10-15/h4-10,12H,11H2,1-3H3,(H,27,31). The van der Waals surface area contributed by atoms with Crippen LogP contribution in [0.5, 0.6) is 0 Å². The van der Waals surface area contributed by atoms with E-state index in [0.717, 1.165) is 34.2 Å². The minimum atomic E-state index is -4.54. The van der Waals surface area contributed by atoms with Crippen LogP contribution in [0.2, 0.25) is 0 Å². The molecule has 32 heavy (non-hydrogen) atoms. The highest BCUT2D eigenvalue weighted by molar-refractivity contribution is 5.91. The van der Waals surface area contributed by atoms with E-state index in [1.165, 1.54) is 0 Å². The van der Waals surface area contributed by atoms with Gasteiger partial charge in [-0.15, -0.1) is 0 Å². The van der Waals surface area contributed by atoms with Gasteiger partial charge in [0.05, 0.1) is 34.0 Å². The molecule has 0 atom stereocenters. The van der Waals surface area contributed by atoms with Crippen LogP contribution >= 0.6 is 0 Å². The number of aromatic nitrogens is 4. The van der Waals surface area contributed by atoms with Crippen LogP contribution < -0.4 is 10.9 Å². The molecule has 7 nitrogen and oxygen atoms in total. The summed E-state index contributed by atoms with van der Waals surface area (Å²) in [5.41, 5.74) is 0.209. The molecule has 1 amide bonds. The fourth-order valence-electron chi connectivity index (χ4n) is 3.55. The van der Waals surface area contributed by atoms with Crippen molar-refractivity contribution in [2.24, 2.45) is 0 Å². The van der Waals surface area contributed by atoms with Crippen molar-refractivity contribution in [1.82, 2.24) is 19.2 Å². The maximum absolute atomic E-state index is 13.1. The van der Waals surface area contributed by atoms with E-state index < -0.39 is 23.2 Å². The largest absolute Gasteiger partial charge is 0.416 e. The number of benzene rings is 1. The highest BCUT2D eigenvalue weighted by Crippen LogP contribution is 2.32. The minimum Gasteiger partial charge on any atom is -0.323 e. The molecule has 166 valence electrons. The Morgan fingerprint density at radius 2 is 1.91 bits per heavy atom. The first-order valence-electron chi connectivity index (χ1n) is 9.90. The van der Waals surface area contributed by atoms with Crippen LogP contribution in [0, 0.1) is 6.92 Å². The fourth-order valence-corrected chi connectivity index (χ4v) is 3.55.